The number of aromatic nitrogens is 3. The summed E-state index contributed by atoms with van der Waals surface area (Å²) in [5.41, 5.74) is 3.62. The molecule has 144 valence electrons. The number of hydrogen-bond donors (Lipinski definition) is 1. The number of fused-ring (bicyclic) bond motifs is 1. The van der Waals surface area contributed by atoms with Gasteiger partial charge in [0.25, 0.3) is 0 Å². The normalized spacial score (nSPS) is 14.7. The molecule has 0 bridgehead atoms. The highest BCUT2D eigenvalue weighted by molar-refractivity contribution is 9.10. The second kappa shape index (κ2) is 7.12. The number of rotatable bonds is 5. The molecule has 29 heavy (non-hydrogen) atoms. The molecule has 4 aromatic rings. The number of imidazole rings is 1. The van der Waals surface area contributed by atoms with Gasteiger partial charge in [-0.05, 0) is 54.3 Å². The highest BCUT2D eigenvalue weighted by atomic mass is 79.9. The van der Waals surface area contributed by atoms with Crippen molar-refractivity contribution in [3.63, 3.8) is 0 Å². The summed E-state index contributed by atoms with van der Waals surface area (Å²) in [5.74, 6) is 0.891. The highest BCUT2D eigenvalue weighted by Gasteiger charge is 2.51. The molecule has 1 fully saturated rings. The maximum atomic E-state index is 12.9. The van der Waals surface area contributed by atoms with Gasteiger partial charge in [0, 0.05) is 17.2 Å². The Hall–Kier alpha value is -2.99. The Labute approximate surface area is 176 Å². The van der Waals surface area contributed by atoms with Gasteiger partial charge in [0.15, 0.2) is 0 Å². The van der Waals surface area contributed by atoms with Crippen molar-refractivity contribution >= 4 is 32.9 Å². The first-order valence-corrected chi connectivity index (χ1v) is 10.4. The number of halogens is 1. The van der Waals surface area contributed by atoms with E-state index < -0.39 is 0 Å². The molecular formula is C23H19BrN4O. The number of nitrogens with zero attached hydrogens (tertiary/aromatic N) is 3. The van der Waals surface area contributed by atoms with E-state index in [0.29, 0.717) is 6.54 Å². The monoisotopic (exact) mass is 446 g/mol. The Bertz CT molecular complexity index is 1190. The van der Waals surface area contributed by atoms with Crippen LogP contribution in [0.1, 0.15) is 24.0 Å². The van der Waals surface area contributed by atoms with Crippen molar-refractivity contribution < 1.29 is 4.79 Å². The molecule has 1 amide bonds. The van der Waals surface area contributed by atoms with Gasteiger partial charge in [0.05, 0.1) is 16.4 Å². The summed E-state index contributed by atoms with van der Waals surface area (Å²) in [6.07, 6.45) is 5.37. The third kappa shape index (κ3) is 3.34. The van der Waals surface area contributed by atoms with E-state index in [1.54, 1.807) is 6.33 Å². The third-order valence-electron chi connectivity index (χ3n) is 5.52. The molecule has 0 saturated heterocycles. The minimum atomic E-state index is -0.382. The summed E-state index contributed by atoms with van der Waals surface area (Å²) in [6, 6.07) is 19.9. The number of hydrogen-bond acceptors (Lipinski definition) is 3. The Morgan fingerprint density at radius 2 is 1.93 bits per heavy atom. The zero-order chi connectivity index (χ0) is 19.8. The molecule has 2 heterocycles. The van der Waals surface area contributed by atoms with Crippen molar-refractivity contribution in [3.05, 3.63) is 88.8 Å². The number of carbonyl (C=O) groups excluding carboxylic acids is 1. The van der Waals surface area contributed by atoms with Crippen LogP contribution in [-0.2, 0) is 16.8 Å². The predicted octanol–water partition coefficient (Wildman–Crippen LogP) is 4.53. The summed E-state index contributed by atoms with van der Waals surface area (Å²) >= 11 is 3.50. The number of carbonyl (C=O) groups is 1. The lowest BCUT2D eigenvalue weighted by molar-refractivity contribution is -0.123. The molecule has 0 aliphatic heterocycles. The van der Waals surface area contributed by atoms with Gasteiger partial charge in [-0.25, -0.2) is 9.97 Å². The van der Waals surface area contributed by atoms with Gasteiger partial charge >= 0.3 is 0 Å². The molecule has 2 aromatic carbocycles. The van der Waals surface area contributed by atoms with Crippen LogP contribution in [0.5, 0.6) is 0 Å². The highest BCUT2D eigenvalue weighted by Crippen LogP contribution is 2.48. The second-order valence-electron chi connectivity index (χ2n) is 7.40. The minimum absolute atomic E-state index is 0.0836. The minimum Gasteiger partial charge on any atom is -0.351 e. The first kappa shape index (κ1) is 18.1. The largest absolute Gasteiger partial charge is 0.351 e. The van der Waals surface area contributed by atoms with Crippen LogP contribution in [0.2, 0.25) is 0 Å². The van der Waals surface area contributed by atoms with Crippen molar-refractivity contribution in [1.29, 1.82) is 0 Å². The smallest absolute Gasteiger partial charge is 0.230 e. The average Bonchev–Trinajstić information content (AvgIpc) is 3.46. The van der Waals surface area contributed by atoms with Gasteiger partial charge in [-0.1, -0.05) is 46.3 Å². The van der Waals surface area contributed by atoms with Gasteiger partial charge in [-0.15, -0.1) is 0 Å². The SMILES string of the molecule is O=C(NCc1ccc(-n2cnc3ccccc32)nc1)C1(c2cccc(Br)c2)CC1. The maximum Gasteiger partial charge on any atom is 0.230 e. The number of benzene rings is 2. The first-order valence-electron chi connectivity index (χ1n) is 9.57. The van der Waals surface area contributed by atoms with Crippen LogP contribution in [0, 0.1) is 0 Å². The quantitative estimate of drug-likeness (QED) is 0.489. The molecule has 6 heteroatoms. The molecule has 1 aliphatic carbocycles. The van der Waals surface area contributed by atoms with Gasteiger partial charge in [-0.2, -0.15) is 0 Å². The summed E-state index contributed by atoms with van der Waals surface area (Å²) in [6.45, 7) is 0.465. The Balaban J connectivity index is 1.29. The fraction of sp³-hybridized carbons (Fsp3) is 0.174. The molecule has 5 nitrogen and oxygen atoms in total. The molecule has 1 aliphatic rings. The summed E-state index contributed by atoms with van der Waals surface area (Å²) in [7, 11) is 0. The van der Waals surface area contributed by atoms with E-state index in [1.807, 2.05) is 71.4 Å². The molecule has 0 unspecified atom stereocenters. The van der Waals surface area contributed by atoms with Crippen molar-refractivity contribution in [2.75, 3.05) is 0 Å². The van der Waals surface area contributed by atoms with Crippen LogP contribution in [0.4, 0.5) is 0 Å². The van der Waals surface area contributed by atoms with E-state index in [1.165, 1.54) is 0 Å². The number of amides is 1. The standard InChI is InChI=1S/C23H19BrN4O/c24-18-5-3-4-17(12-18)23(10-11-23)22(29)26-14-16-8-9-21(25-13-16)28-15-27-19-6-1-2-7-20(19)28/h1-9,12-13,15H,10-11,14H2,(H,26,29). The zero-order valence-corrected chi connectivity index (χ0v) is 17.3. The van der Waals surface area contributed by atoms with Gasteiger partial charge in [0.2, 0.25) is 5.91 Å². The van der Waals surface area contributed by atoms with Crippen molar-refractivity contribution in [3.8, 4) is 5.82 Å². The van der Waals surface area contributed by atoms with Gasteiger partial charge < -0.3 is 5.32 Å². The number of nitrogens with one attached hydrogen (secondary N) is 1. The molecular weight excluding hydrogens is 428 g/mol. The molecule has 0 spiro atoms. The van der Waals surface area contributed by atoms with Crippen molar-refractivity contribution in [2.24, 2.45) is 0 Å². The van der Waals surface area contributed by atoms with Gasteiger partial charge in [-0.3, -0.25) is 9.36 Å². The topological polar surface area (TPSA) is 59.8 Å². The van der Waals surface area contributed by atoms with Crippen LogP contribution >= 0.6 is 15.9 Å². The third-order valence-corrected chi connectivity index (χ3v) is 6.02. The van der Waals surface area contributed by atoms with E-state index in [2.05, 4.69) is 31.2 Å². The second-order valence-corrected chi connectivity index (χ2v) is 8.32. The molecule has 0 atom stereocenters. The van der Waals surface area contributed by atoms with E-state index in [4.69, 9.17) is 0 Å². The Morgan fingerprint density at radius 1 is 1.07 bits per heavy atom. The summed E-state index contributed by atoms with van der Waals surface area (Å²) in [5, 5.41) is 3.09. The van der Waals surface area contributed by atoms with Crippen LogP contribution in [0.15, 0.2) is 77.7 Å². The van der Waals surface area contributed by atoms with E-state index in [-0.39, 0.29) is 11.3 Å². The van der Waals surface area contributed by atoms with E-state index >= 15 is 0 Å². The number of pyridine rings is 1. The van der Waals surface area contributed by atoms with Gasteiger partial charge in [0.1, 0.15) is 12.1 Å². The zero-order valence-electron chi connectivity index (χ0n) is 15.7. The maximum absolute atomic E-state index is 12.9. The van der Waals surface area contributed by atoms with Crippen LogP contribution in [-0.4, -0.2) is 20.4 Å². The van der Waals surface area contributed by atoms with Crippen LogP contribution < -0.4 is 5.32 Å². The average molecular weight is 447 g/mol. The summed E-state index contributed by atoms with van der Waals surface area (Å²) < 4.78 is 2.96. The van der Waals surface area contributed by atoms with Crippen molar-refractivity contribution in [1.82, 2.24) is 19.9 Å². The molecule has 1 N–H and O–H groups in total. The Kier molecular flexibility index (Phi) is 4.43. The van der Waals surface area contributed by atoms with E-state index in [0.717, 1.165) is 45.3 Å². The lowest BCUT2D eigenvalue weighted by Crippen LogP contribution is -2.34. The lowest BCUT2D eigenvalue weighted by atomic mass is 9.95. The first-order chi connectivity index (χ1) is 14.2. The molecule has 1 saturated carbocycles. The fourth-order valence-electron chi connectivity index (χ4n) is 3.72. The summed E-state index contributed by atoms with van der Waals surface area (Å²) in [4.78, 5) is 21.8. The molecule has 2 aromatic heterocycles. The predicted molar refractivity (Wildman–Crippen MR) is 116 cm³/mol. The Morgan fingerprint density at radius 3 is 2.69 bits per heavy atom. The van der Waals surface area contributed by atoms with Crippen LogP contribution in [0.25, 0.3) is 16.9 Å². The van der Waals surface area contributed by atoms with E-state index in [9.17, 15) is 4.79 Å². The van der Waals surface area contributed by atoms with Crippen LogP contribution in [0.3, 0.4) is 0 Å². The fourth-order valence-corrected chi connectivity index (χ4v) is 4.11. The molecule has 0 radical (unpaired) electrons. The van der Waals surface area contributed by atoms with Crippen molar-refractivity contribution in [2.45, 2.75) is 24.8 Å². The lowest BCUT2D eigenvalue weighted by Gasteiger charge is -2.16. The molecule has 5 rings (SSSR count). The number of para-hydroxylation sites is 2.